The first-order valence-electron chi connectivity index (χ1n) is 8.87. The van der Waals surface area contributed by atoms with Gasteiger partial charge in [-0.3, -0.25) is 4.98 Å². The monoisotopic (exact) mass is 356 g/mol. The van der Waals surface area contributed by atoms with Crippen LogP contribution in [0.25, 0.3) is 0 Å². The summed E-state index contributed by atoms with van der Waals surface area (Å²) in [5.74, 6) is 2.43. The molecular weight excluding hydrogens is 332 g/mol. The minimum atomic E-state index is -0.163. The van der Waals surface area contributed by atoms with E-state index in [1.54, 1.807) is 18.7 Å². The van der Waals surface area contributed by atoms with Crippen LogP contribution in [0.2, 0.25) is 0 Å². The molecule has 1 unspecified atom stereocenters. The molecule has 2 fully saturated rings. The molecule has 0 aromatic carbocycles. The molecule has 138 valence electrons. The SMILES string of the molecule is Cc1cncc(OC2CCOC3(C2)CN(c2cc(N(C)C)ncn2)C3)n1. The van der Waals surface area contributed by atoms with Gasteiger partial charge in [0.1, 0.15) is 29.7 Å². The number of aryl methyl sites for hydroxylation is 1. The van der Waals surface area contributed by atoms with E-state index in [2.05, 4.69) is 24.8 Å². The van der Waals surface area contributed by atoms with Crippen LogP contribution in [0.5, 0.6) is 5.88 Å². The average Bonchev–Trinajstić information content (AvgIpc) is 2.60. The molecule has 2 aromatic rings. The Morgan fingerprint density at radius 2 is 2.12 bits per heavy atom. The van der Waals surface area contributed by atoms with Gasteiger partial charge >= 0.3 is 0 Å². The molecule has 0 saturated carbocycles. The van der Waals surface area contributed by atoms with Crippen molar-refractivity contribution >= 4 is 11.6 Å². The summed E-state index contributed by atoms with van der Waals surface area (Å²) in [6.45, 7) is 4.25. The van der Waals surface area contributed by atoms with Crippen molar-refractivity contribution in [2.45, 2.75) is 31.5 Å². The van der Waals surface area contributed by atoms with E-state index >= 15 is 0 Å². The largest absolute Gasteiger partial charge is 0.473 e. The third-order valence-corrected chi connectivity index (χ3v) is 4.85. The molecule has 8 heteroatoms. The second-order valence-electron chi connectivity index (χ2n) is 7.25. The first-order valence-corrected chi connectivity index (χ1v) is 8.87. The van der Waals surface area contributed by atoms with E-state index in [4.69, 9.17) is 9.47 Å². The summed E-state index contributed by atoms with van der Waals surface area (Å²) in [5, 5.41) is 0. The fraction of sp³-hybridized carbons (Fsp3) is 0.556. The van der Waals surface area contributed by atoms with Crippen LogP contribution in [0.3, 0.4) is 0 Å². The average molecular weight is 356 g/mol. The third-order valence-electron chi connectivity index (χ3n) is 4.85. The number of rotatable bonds is 4. The maximum absolute atomic E-state index is 6.11. The number of aromatic nitrogens is 4. The van der Waals surface area contributed by atoms with Crippen LogP contribution in [-0.4, -0.2) is 65.4 Å². The lowest BCUT2D eigenvalue weighted by atomic mass is 9.84. The quantitative estimate of drug-likeness (QED) is 0.815. The Balaban J connectivity index is 1.39. The molecule has 1 spiro atoms. The molecule has 2 saturated heterocycles. The molecule has 2 aliphatic rings. The lowest BCUT2D eigenvalue weighted by molar-refractivity contribution is -0.126. The Bertz CT molecular complexity index is 778. The van der Waals surface area contributed by atoms with Gasteiger partial charge in [-0.15, -0.1) is 0 Å². The molecule has 2 aliphatic heterocycles. The van der Waals surface area contributed by atoms with Gasteiger partial charge in [0.2, 0.25) is 5.88 Å². The summed E-state index contributed by atoms with van der Waals surface area (Å²) in [7, 11) is 3.95. The van der Waals surface area contributed by atoms with Crippen LogP contribution < -0.4 is 14.5 Å². The highest BCUT2D eigenvalue weighted by molar-refractivity contribution is 5.52. The molecule has 1 atom stereocenters. The van der Waals surface area contributed by atoms with Crippen molar-refractivity contribution < 1.29 is 9.47 Å². The van der Waals surface area contributed by atoms with Crippen LogP contribution in [0.4, 0.5) is 11.6 Å². The summed E-state index contributed by atoms with van der Waals surface area (Å²) in [5.41, 5.74) is 0.697. The van der Waals surface area contributed by atoms with Gasteiger partial charge in [-0.25, -0.2) is 15.0 Å². The fourth-order valence-electron chi connectivity index (χ4n) is 3.54. The lowest BCUT2D eigenvalue weighted by Crippen LogP contribution is -2.66. The first-order chi connectivity index (χ1) is 12.5. The summed E-state index contributed by atoms with van der Waals surface area (Å²) in [6.07, 6.45) is 6.84. The topological polar surface area (TPSA) is 76.5 Å². The van der Waals surface area contributed by atoms with Gasteiger partial charge < -0.3 is 19.3 Å². The van der Waals surface area contributed by atoms with Crippen LogP contribution in [0, 0.1) is 6.92 Å². The van der Waals surface area contributed by atoms with E-state index in [9.17, 15) is 0 Å². The molecule has 0 radical (unpaired) electrons. The Morgan fingerprint density at radius 3 is 2.88 bits per heavy atom. The maximum Gasteiger partial charge on any atom is 0.232 e. The molecular formula is C18H24N6O2. The number of hydrogen-bond acceptors (Lipinski definition) is 8. The number of anilines is 2. The second-order valence-corrected chi connectivity index (χ2v) is 7.25. The molecule has 2 aromatic heterocycles. The molecule has 4 rings (SSSR count). The van der Waals surface area contributed by atoms with E-state index in [0.717, 1.165) is 43.3 Å². The zero-order valence-electron chi connectivity index (χ0n) is 15.4. The van der Waals surface area contributed by atoms with E-state index < -0.39 is 0 Å². The molecule has 0 amide bonds. The van der Waals surface area contributed by atoms with Gasteiger partial charge in [0, 0.05) is 39.2 Å². The highest BCUT2D eigenvalue weighted by atomic mass is 16.5. The molecule has 0 aliphatic carbocycles. The zero-order valence-corrected chi connectivity index (χ0v) is 15.4. The summed E-state index contributed by atoms with van der Waals surface area (Å²) in [6, 6.07) is 2.01. The first kappa shape index (κ1) is 17.0. The van der Waals surface area contributed by atoms with Crippen LogP contribution in [-0.2, 0) is 4.74 Å². The minimum Gasteiger partial charge on any atom is -0.473 e. The van der Waals surface area contributed by atoms with Crippen LogP contribution in [0.15, 0.2) is 24.8 Å². The van der Waals surface area contributed by atoms with Crippen molar-refractivity contribution in [2.75, 3.05) is 43.6 Å². The van der Waals surface area contributed by atoms with Crippen molar-refractivity contribution in [2.24, 2.45) is 0 Å². The Kier molecular flexibility index (Phi) is 4.36. The van der Waals surface area contributed by atoms with Gasteiger partial charge in [-0.1, -0.05) is 0 Å². The molecule has 4 heterocycles. The van der Waals surface area contributed by atoms with Gasteiger partial charge in [-0.05, 0) is 6.92 Å². The number of ether oxygens (including phenoxy) is 2. The Hall–Kier alpha value is -2.48. The zero-order chi connectivity index (χ0) is 18.1. The Morgan fingerprint density at radius 1 is 1.27 bits per heavy atom. The van der Waals surface area contributed by atoms with Crippen LogP contribution >= 0.6 is 0 Å². The normalized spacial score (nSPS) is 21.3. The van der Waals surface area contributed by atoms with Crippen molar-refractivity contribution in [1.29, 1.82) is 0 Å². The van der Waals surface area contributed by atoms with Crippen molar-refractivity contribution in [3.63, 3.8) is 0 Å². The van der Waals surface area contributed by atoms with Crippen molar-refractivity contribution in [3.05, 3.63) is 30.5 Å². The van der Waals surface area contributed by atoms with Gasteiger partial charge in [0.25, 0.3) is 0 Å². The van der Waals surface area contributed by atoms with Crippen molar-refractivity contribution in [3.8, 4) is 5.88 Å². The summed E-state index contributed by atoms with van der Waals surface area (Å²) < 4.78 is 12.2. The molecule has 0 bridgehead atoms. The summed E-state index contributed by atoms with van der Waals surface area (Å²) >= 11 is 0. The third kappa shape index (κ3) is 3.41. The van der Waals surface area contributed by atoms with Gasteiger partial charge in [0.15, 0.2) is 0 Å². The number of hydrogen-bond donors (Lipinski definition) is 0. The molecule has 8 nitrogen and oxygen atoms in total. The predicted octanol–water partition coefficient (Wildman–Crippen LogP) is 1.46. The molecule has 26 heavy (non-hydrogen) atoms. The second kappa shape index (κ2) is 6.68. The minimum absolute atomic E-state index is 0.102. The highest BCUT2D eigenvalue weighted by Crippen LogP contribution is 2.37. The van der Waals surface area contributed by atoms with Crippen molar-refractivity contribution in [1.82, 2.24) is 19.9 Å². The van der Waals surface area contributed by atoms with E-state index in [1.807, 2.05) is 32.0 Å². The maximum atomic E-state index is 6.11. The lowest BCUT2D eigenvalue weighted by Gasteiger charge is -2.53. The Labute approximate surface area is 153 Å². The predicted molar refractivity (Wildman–Crippen MR) is 97.7 cm³/mol. The smallest absolute Gasteiger partial charge is 0.232 e. The highest BCUT2D eigenvalue weighted by Gasteiger charge is 2.48. The van der Waals surface area contributed by atoms with E-state index in [-0.39, 0.29) is 11.7 Å². The van der Waals surface area contributed by atoms with Gasteiger partial charge in [-0.2, -0.15) is 0 Å². The summed E-state index contributed by atoms with van der Waals surface area (Å²) in [4.78, 5) is 21.4. The van der Waals surface area contributed by atoms with E-state index in [0.29, 0.717) is 12.5 Å². The fourth-order valence-corrected chi connectivity index (χ4v) is 3.54. The van der Waals surface area contributed by atoms with Gasteiger partial charge in [0.05, 0.1) is 31.6 Å². The van der Waals surface area contributed by atoms with E-state index in [1.165, 1.54) is 0 Å². The standard InChI is InChI=1S/C18H24N6O2/c1-13-8-19-9-17(22-13)26-14-4-5-25-18(7-14)10-24(11-18)16-6-15(23(2)3)20-12-21-16/h6,8-9,12,14H,4-5,7,10-11H2,1-3H3. The van der Waals surface area contributed by atoms with Crippen LogP contribution in [0.1, 0.15) is 18.5 Å². The molecule has 0 N–H and O–H groups in total. The number of nitrogens with zero attached hydrogens (tertiary/aromatic N) is 6.